The molecule has 1 aliphatic carbocycles. The van der Waals surface area contributed by atoms with Crippen molar-refractivity contribution < 1.29 is 9.47 Å². The first-order valence-corrected chi connectivity index (χ1v) is 12.8. The van der Waals surface area contributed by atoms with Crippen LogP contribution in [0.4, 0.5) is 0 Å². The molecule has 4 aromatic rings. The lowest BCUT2D eigenvalue weighted by atomic mass is 9.83. The second kappa shape index (κ2) is 9.24. The SMILES string of the molecule is COc1cc(-c2[nH]c3cnc(C4CCC(NC5CCOC5)CC4)cc3c2C(C)C)cn2ncnc12. The lowest BCUT2D eigenvalue weighted by Gasteiger charge is -2.30. The van der Waals surface area contributed by atoms with Gasteiger partial charge < -0.3 is 19.8 Å². The summed E-state index contributed by atoms with van der Waals surface area (Å²) in [6.07, 6.45) is 11.5. The molecule has 0 spiro atoms. The summed E-state index contributed by atoms with van der Waals surface area (Å²) in [5.74, 6) is 1.57. The topological polar surface area (TPSA) is 89.4 Å². The number of pyridine rings is 2. The fourth-order valence-electron chi connectivity index (χ4n) is 5.92. The Balaban J connectivity index is 1.30. The maximum absolute atomic E-state index is 5.61. The second-order valence-electron chi connectivity index (χ2n) is 10.3. The first kappa shape index (κ1) is 22.5. The van der Waals surface area contributed by atoms with E-state index in [0.29, 0.717) is 35.3 Å². The van der Waals surface area contributed by atoms with Crippen molar-refractivity contribution in [2.45, 2.75) is 69.9 Å². The molecule has 0 aromatic carbocycles. The molecule has 2 N–H and O–H groups in total. The zero-order valence-electron chi connectivity index (χ0n) is 20.8. The van der Waals surface area contributed by atoms with Crippen molar-refractivity contribution in [2.75, 3.05) is 20.3 Å². The molecule has 1 saturated heterocycles. The summed E-state index contributed by atoms with van der Waals surface area (Å²) >= 11 is 0. The molecule has 4 aromatic heterocycles. The van der Waals surface area contributed by atoms with Gasteiger partial charge in [-0.3, -0.25) is 4.98 Å². The highest BCUT2D eigenvalue weighted by Gasteiger charge is 2.27. The monoisotopic (exact) mass is 474 g/mol. The van der Waals surface area contributed by atoms with E-state index in [1.54, 1.807) is 18.0 Å². The van der Waals surface area contributed by atoms with Gasteiger partial charge in [-0.2, -0.15) is 5.10 Å². The third kappa shape index (κ3) is 4.19. The molecule has 1 unspecified atom stereocenters. The van der Waals surface area contributed by atoms with E-state index in [1.807, 2.05) is 18.5 Å². The molecule has 8 nitrogen and oxygen atoms in total. The summed E-state index contributed by atoms with van der Waals surface area (Å²) in [5, 5.41) is 9.42. The zero-order chi connectivity index (χ0) is 23.9. The van der Waals surface area contributed by atoms with Gasteiger partial charge >= 0.3 is 0 Å². The lowest BCUT2D eigenvalue weighted by Crippen LogP contribution is -2.40. The summed E-state index contributed by atoms with van der Waals surface area (Å²) in [6, 6.07) is 5.51. The molecule has 0 bridgehead atoms. The van der Waals surface area contributed by atoms with Crippen molar-refractivity contribution in [2.24, 2.45) is 0 Å². The molecule has 1 aliphatic heterocycles. The van der Waals surface area contributed by atoms with Gasteiger partial charge in [-0.05, 0) is 55.7 Å². The highest BCUT2D eigenvalue weighted by atomic mass is 16.5. The van der Waals surface area contributed by atoms with Crippen LogP contribution in [0.3, 0.4) is 0 Å². The Bertz CT molecular complexity index is 1330. The average molecular weight is 475 g/mol. The quantitative estimate of drug-likeness (QED) is 0.417. The number of rotatable bonds is 6. The molecule has 6 rings (SSSR count). The minimum atomic E-state index is 0.347. The smallest absolute Gasteiger partial charge is 0.197 e. The number of aromatic amines is 1. The maximum Gasteiger partial charge on any atom is 0.197 e. The van der Waals surface area contributed by atoms with Crippen LogP contribution in [0.5, 0.6) is 5.75 Å². The molecular formula is C27H34N6O2. The summed E-state index contributed by atoms with van der Waals surface area (Å²) in [7, 11) is 1.67. The summed E-state index contributed by atoms with van der Waals surface area (Å²) < 4.78 is 12.9. The maximum atomic E-state index is 5.61. The number of nitrogens with zero attached hydrogens (tertiary/aromatic N) is 4. The number of ether oxygens (including phenoxy) is 2. The van der Waals surface area contributed by atoms with E-state index < -0.39 is 0 Å². The van der Waals surface area contributed by atoms with Crippen molar-refractivity contribution >= 4 is 16.6 Å². The molecule has 0 amide bonds. The summed E-state index contributed by atoms with van der Waals surface area (Å²) in [6.45, 7) is 6.26. The third-order valence-electron chi connectivity index (χ3n) is 7.72. The van der Waals surface area contributed by atoms with E-state index >= 15 is 0 Å². The van der Waals surface area contributed by atoms with Crippen LogP contribution in [0.2, 0.25) is 0 Å². The van der Waals surface area contributed by atoms with Crippen molar-refractivity contribution in [1.82, 2.24) is 29.9 Å². The largest absolute Gasteiger partial charge is 0.493 e. The number of H-pyrrole nitrogens is 1. The van der Waals surface area contributed by atoms with E-state index in [-0.39, 0.29) is 0 Å². The van der Waals surface area contributed by atoms with E-state index in [9.17, 15) is 0 Å². The predicted octanol–water partition coefficient (Wildman–Crippen LogP) is 4.81. The first-order chi connectivity index (χ1) is 17.1. The second-order valence-corrected chi connectivity index (χ2v) is 10.3. The fraction of sp³-hybridized carbons (Fsp3) is 0.519. The van der Waals surface area contributed by atoms with Gasteiger partial charge in [0.05, 0.1) is 31.1 Å². The van der Waals surface area contributed by atoms with Gasteiger partial charge in [0.1, 0.15) is 6.33 Å². The van der Waals surface area contributed by atoms with Gasteiger partial charge in [0, 0.05) is 47.4 Å². The van der Waals surface area contributed by atoms with Crippen molar-refractivity contribution in [3.05, 3.63) is 42.1 Å². The summed E-state index contributed by atoms with van der Waals surface area (Å²) in [5.41, 5.74) is 6.44. The van der Waals surface area contributed by atoms with Crippen LogP contribution in [-0.4, -0.2) is 57.0 Å². The Morgan fingerprint density at radius 3 is 2.71 bits per heavy atom. The summed E-state index contributed by atoms with van der Waals surface area (Å²) in [4.78, 5) is 12.9. The van der Waals surface area contributed by atoms with Gasteiger partial charge in [-0.15, -0.1) is 0 Å². The highest BCUT2D eigenvalue weighted by molar-refractivity contribution is 5.91. The third-order valence-corrected chi connectivity index (χ3v) is 7.72. The molecule has 2 fully saturated rings. The number of methoxy groups -OCH3 is 1. The van der Waals surface area contributed by atoms with Crippen molar-refractivity contribution in [1.29, 1.82) is 0 Å². The Morgan fingerprint density at radius 2 is 1.97 bits per heavy atom. The number of nitrogens with one attached hydrogen (secondary N) is 2. The molecule has 2 aliphatic rings. The first-order valence-electron chi connectivity index (χ1n) is 12.8. The Hall–Kier alpha value is -2.97. The molecule has 0 radical (unpaired) electrons. The van der Waals surface area contributed by atoms with Gasteiger partial charge in [-0.25, -0.2) is 9.50 Å². The number of hydrogen-bond donors (Lipinski definition) is 2. The Labute approximate surface area is 205 Å². The molecule has 5 heterocycles. The molecular weight excluding hydrogens is 440 g/mol. The minimum Gasteiger partial charge on any atom is -0.493 e. The minimum absolute atomic E-state index is 0.347. The van der Waals surface area contributed by atoms with Crippen LogP contribution < -0.4 is 10.1 Å². The van der Waals surface area contributed by atoms with Gasteiger partial charge in [0.15, 0.2) is 11.4 Å². The van der Waals surface area contributed by atoms with Gasteiger partial charge in [0.2, 0.25) is 0 Å². The van der Waals surface area contributed by atoms with Crippen LogP contribution >= 0.6 is 0 Å². The van der Waals surface area contributed by atoms with Gasteiger partial charge in [0.25, 0.3) is 0 Å². The van der Waals surface area contributed by atoms with Crippen LogP contribution in [0.15, 0.2) is 30.9 Å². The normalized spacial score (nSPS) is 23.0. The zero-order valence-corrected chi connectivity index (χ0v) is 20.8. The van der Waals surface area contributed by atoms with Crippen LogP contribution in [0.25, 0.3) is 27.8 Å². The van der Waals surface area contributed by atoms with E-state index in [0.717, 1.165) is 36.4 Å². The number of hydrogen-bond acceptors (Lipinski definition) is 6. The van der Waals surface area contributed by atoms with Crippen LogP contribution in [-0.2, 0) is 4.74 Å². The Kier molecular flexibility index (Phi) is 5.94. The number of fused-ring (bicyclic) bond motifs is 2. The molecule has 1 saturated carbocycles. The Morgan fingerprint density at radius 1 is 1.11 bits per heavy atom. The molecule has 35 heavy (non-hydrogen) atoms. The molecule has 184 valence electrons. The lowest BCUT2D eigenvalue weighted by molar-refractivity contribution is 0.185. The van der Waals surface area contributed by atoms with Gasteiger partial charge in [-0.1, -0.05) is 13.8 Å². The standard InChI is InChI=1S/C27H34N6O2/c1-16(2)25-21-11-22(17-4-6-19(7-5-17)31-20-8-9-35-14-20)28-12-23(21)32-26(25)18-10-24(34-3)27-29-15-30-33(27)13-18/h10-13,15-17,19-20,31-32H,4-9,14H2,1-3H3. The van der Waals surface area contributed by atoms with Crippen LogP contribution in [0.1, 0.15) is 69.0 Å². The predicted molar refractivity (Wildman–Crippen MR) is 136 cm³/mol. The van der Waals surface area contributed by atoms with E-state index in [1.165, 1.54) is 42.3 Å². The van der Waals surface area contributed by atoms with Crippen molar-refractivity contribution in [3.63, 3.8) is 0 Å². The average Bonchev–Trinajstić information content (AvgIpc) is 3.62. The fourth-order valence-corrected chi connectivity index (χ4v) is 5.92. The highest BCUT2D eigenvalue weighted by Crippen LogP contribution is 2.39. The molecule has 1 atom stereocenters. The van der Waals surface area contributed by atoms with Crippen LogP contribution in [0, 0.1) is 0 Å². The molecule has 8 heteroatoms. The van der Waals surface area contributed by atoms with E-state index in [4.69, 9.17) is 14.5 Å². The van der Waals surface area contributed by atoms with Crippen molar-refractivity contribution in [3.8, 4) is 17.0 Å². The van der Waals surface area contributed by atoms with E-state index in [2.05, 4.69) is 40.3 Å². The number of aromatic nitrogens is 5.